The third-order valence-corrected chi connectivity index (χ3v) is 6.05. The summed E-state index contributed by atoms with van der Waals surface area (Å²) in [7, 11) is -0.963. The zero-order valence-corrected chi connectivity index (χ0v) is 16.9. The number of rotatable bonds is 6. The molecule has 0 unspecified atom stereocenters. The van der Waals surface area contributed by atoms with Gasteiger partial charge >= 0.3 is 0 Å². The molecule has 2 rings (SSSR count). The molecular formula is C16H15Cl3N2O4S. The van der Waals surface area contributed by atoms with E-state index in [1.54, 1.807) is 12.1 Å². The summed E-state index contributed by atoms with van der Waals surface area (Å²) in [6, 6.07) is 8.79. The van der Waals surface area contributed by atoms with Crippen LogP contribution in [0.3, 0.4) is 0 Å². The van der Waals surface area contributed by atoms with E-state index in [9.17, 15) is 13.2 Å². The minimum absolute atomic E-state index is 0.0564. The van der Waals surface area contributed by atoms with Crippen LogP contribution in [0.5, 0.6) is 5.75 Å². The molecule has 1 N–H and O–H groups in total. The summed E-state index contributed by atoms with van der Waals surface area (Å²) in [6.07, 6.45) is 0. The number of benzene rings is 2. The molecule has 0 atom stereocenters. The van der Waals surface area contributed by atoms with Crippen molar-refractivity contribution in [1.29, 1.82) is 0 Å². The van der Waals surface area contributed by atoms with Crippen molar-refractivity contribution in [3.63, 3.8) is 0 Å². The van der Waals surface area contributed by atoms with Gasteiger partial charge in [-0.1, -0.05) is 34.8 Å². The molecule has 0 radical (unpaired) electrons. The Kier molecular flexibility index (Phi) is 6.76. The number of amides is 1. The Labute approximate surface area is 166 Å². The summed E-state index contributed by atoms with van der Waals surface area (Å²) in [6.45, 7) is -0.320. The van der Waals surface area contributed by atoms with Gasteiger partial charge in [0, 0.05) is 24.8 Å². The first kappa shape index (κ1) is 20.8. The number of ether oxygens (including phenoxy) is 1. The second kappa shape index (κ2) is 8.45. The van der Waals surface area contributed by atoms with Crippen LogP contribution in [0.15, 0.2) is 41.3 Å². The van der Waals surface area contributed by atoms with Gasteiger partial charge in [-0.15, -0.1) is 0 Å². The number of nitrogens with zero attached hydrogens (tertiary/aromatic N) is 1. The molecule has 0 spiro atoms. The first-order valence-corrected chi connectivity index (χ1v) is 9.78. The summed E-state index contributed by atoms with van der Waals surface area (Å²) < 4.78 is 30.9. The minimum atomic E-state index is -3.74. The van der Waals surface area contributed by atoms with Crippen molar-refractivity contribution in [1.82, 2.24) is 4.31 Å². The predicted octanol–water partition coefficient (Wildman–Crippen LogP) is 3.91. The average Bonchev–Trinajstić information content (AvgIpc) is 2.55. The Morgan fingerprint density at radius 3 is 2.38 bits per heavy atom. The number of sulfonamides is 1. The zero-order chi connectivity index (χ0) is 19.5. The van der Waals surface area contributed by atoms with Gasteiger partial charge in [0.15, 0.2) is 6.61 Å². The SMILES string of the molecule is CN(C)S(=O)(=O)c1cc(NC(=O)COc2ccc(Cl)cc2Cl)ccc1Cl. The Balaban J connectivity index is 2.10. The van der Waals surface area contributed by atoms with E-state index in [4.69, 9.17) is 39.5 Å². The standard InChI is InChI=1S/C16H15Cl3N2O4S/c1-21(2)26(23,24)15-8-11(4-5-12(15)18)20-16(22)9-25-14-6-3-10(17)7-13(14)19/h3-8H,9H2,1-2H3,(H,20,22). The van der Waals surface area contributed by atoms with Gasteiger partial charge in [0.1, 0.15) is 10.6 Å². The first-order valence-electron chi connectivity index (χ1n) is 7.21. The summed E-state index contributed by atoms with van der Waals surface area (Å²) in [4.78, 5) is 11.9. The van der Waals surface area contributed by atoms with Crippen LogP contribution < -0.4 is 10.1 Å². The van der Waals surface area contributed by atoms with Crippen LogP contribution >= 0.6 is 34.8 Å². The van der Waals surface area contributed by atoms with Crippen LogP contribution in [0.4, 0.5) is 5.69 Å². The van der Waals surface area contributed by atoms with Crippen molar-refractivity contribution < 1.29 is 17.9 Å². The fourth-order valence-electron chi connectivity index (χ4n) is 1.91. The summed E-state index contributed by atoms with van der Waals surface area (Å²) in [5.74, 6) is -0.190. The molecule has 2 aromatic rings. The van der Waals surface area contributed by atoms with E-state index in [0.717, 1.165) is 4.31 Å². The van der Waals surface area contributed by atoms with Crippen LogP contribution in [-0.2, 0) is 14.8 Å². The fraction of sp³-hybridized carbons (Fsp3) is 0.188. The van der Waals surface area contributed by atoms with Crippen LogP contribution in [0.25, 0.3) is 0 Å². The molecule has 0 saturated carbocycles. The van der Waals surface area contributed by atoms with Crippen molar-refractivity contribution in [2.75, 3.05) is 26.0 Å². The molecule has 2 aromatic carbocycles. The monoisotopic (exact) mass is 436 g/mol. The van der Waals surface area contributed by atoms with Crippen molar-refractivity contribution in [2.45, 2.75) is 4.90 Å². The molecule has 1 amide bonds. The van der Waals surface area contributed by atoms with Crippen LogP contribution in [0, 0.1) is 0 Å². The topological polar surface area (TPSA) is 75.7 Å². The lowest BCUT2D eigenvalue weighted by atomic mass is 10.3. The Hall–Kier alpha value is -1.51. The first-order chi connectivity index (χ1) is 12.1. The fourth-order valence-corrected chi connectivity index (χ4v) is 3.76. The molecule has 0 aliphatic heterocycles. The van der Waals surface area contributed by atoms with E-state index in [2.05, 4.69) is 5.32 Å². The highest BCUT2D eigenvalue weighted by atomic mass is 35.5. The lowest BCUT2D eigenvalue weighted by molar-refractivity contribution is -0.118. The summed E-state index contributed by atoms with van der Waals surface area (Å²) in [5.41, 5.74) is 0.269. The van der Waals surface area contributed by atoms with Gasteiger partial charge in [-0.3, -0.25) is 4.79 Å². The van der Waals surface area contributed by atoms with Crippen molar-refractivity contribution in [3.05, 3.63) is 51.5 Å². The van der Waals surface area contributed by atoms with Crippen LogP contribution in [0.1, 0.15) is 0 Å². The zero-order valence-electron chi connectivity index (χ0n) is 13.8. The van der Waals surface area contributed by atoms with Crippen molar-refractivity contribution in [2.24, 2.45) is 0 Å². The molecule has 0 bridgehead atoms. The highest BCUT2D eigenvalue weighted by Crippen LogP contribution is 2.28. The maximum atomic E-state index is 12.2. The van der Waals surface area contributed by atoms with E-state index < -0.39 is 15.9 Å². The second-order valence-electron chi connectivity index (χ2n) is 5.34. The number of carbonyl (C=O) groups is 1. The van der Waals surface area contributed by atoms with Gasteiger partial charge in [-0.25, -0.2) is 12.7 Å². The van der Waals surface area contributed by atoms with Crippen LogP contribution in [0.2, 0.25) is 15.1 Å². The van der Waals surface area contributed by atoms with Crippen LogP contribution in [-0.4, -0.2) is 39.3 Å². The molecule has 6 nitrogen and oxygen atoms in total. The van der Waals surface area contributed by atoms with Gasteiger partial charge < -0.3 is 10.1 Å². The minimum Gasteiger partial charge on any atom is -0.482 e. The third kappa shape index (κ3) is 5.02. The average molecular weight is 438 g/mol. The molecule has 26 heavy (non-hydrogen) atoms. The maximum absolute atomic E-state index is 12.2. The lowest BCUT2D eigenvalue weighted by Gasteiger charge is -2.14. The highest BCUT2D eigenvalue weighted by Gasteiger charge is 2.21. The number of hydrogen-bond acceptors (Lipinski definition) is 4. The van der Waals surface area contributed by atoms with Crippen molar-refractivity contribution in [3.8, 4) is 5.75 Å². The molecule has 0 fully saturated rings. The Morgan fingerprint density at radius 2 is 1.77 bits per heavy atom. The number of nitrogens with one attached hydrogen (secondary N) is 1. The second-order valence-corrected chi connectivity index (χ2v) is 8.72. The Bertz CT molecular complexity index is 933. The Morgan fingerprint density at radius 1 is 1.08 bits per heavy atom. The van der Waals surface area contributed by atoms with Gasteiger partial charge in [0.05, 0.1) is 10.0 Å². The molecule has 0 aromatic heterocycles. The molecule has 140 valence electrons. The highest BCUT2D eigenvalue weighted by molar-refractivity contribution is 7.89. The number of carbonyl (C=O) groups excluding carboxylic acids is 1. The molecule has 0 heterocycles. The summed E-state index contributed by atoms with van der Waals surface area (Å²) in [5, 5.41) is 3.32. The van der Waals surface area contributed by atoms with E-state index in [1.807, 2.05) is 0 Å². The van der Waals surface area contributed by atoms with Gasteiger partial charge in [0.2, 0.25) is 10.0 Å². The van der Waals surface area contributed by atoms with Crippen molar-refractivity contribution >= 4 is 56.4 Å². The molecule has 10 heteroatoms. The number of halogens is 3. The molecule has 0 aliphatic rings. The van der Waals surface area contributed by atoms with E-state index >= 15 is 0 Å². The smallest absolute Gasteiger partial charge is 0.262 e. The maximum Gasteiger partial charge on any atom is 0.262 e. The van der Waals surface area contributed by atoms with E-state index in [-0.39, 0.29) is 27.2 Å². The van der Waals surface area contributed by atoms with E-state index in [1.165, 1.54) is 38.4 Å². The quantitative estimate of drug-likeness (QED) is 0.743. The largest absolute Gasteiger partial charge is 0.482 e. The summed E-state index contributed by atoms with van der Waals surface area (Å²) >= 11 is 17.7. The lowest BCUT2D eigenvalue weighted by Crippen LogP contribution is -2.23. The molecule has 0 aliphatic carbocycles. The molecular weight excluding hydrogens is 423 g/mol. The number of anilines is 1. The number of hydrogen-bond donors (Lipinski definition) is 1. The van der Waals surface area contributed by atoms with Gasteiger partial charge in [-0.05, 0) is 36.4 Å². The van der Waals surface area contributed by atoms with Gasteiger partial charge in [0.25, 0.3) is 5.91 Å². The van der Waals surface area contributed by atoms with Gasteiger partial charge in [-0.2, -0.15) is 0 Å². The molecule has 0 saturated heterocycles. The predicted molar refractivity (Wildman–Crippen MR) is 103 cm³/mol. The third-order valence-electron chi connectivity index (χ3n) is 3.23. The normalized spacial score (nSPS) is 11.5. The van der Waals surface area contributed by atoms with E-state index in [0.29, 0.717) is 10.8 Å².